The van der Waals surface area contributed by atoms with Crippen molar-refractivity contribution in [3.63, 3.8) is 0 Å². The molecule has 2 fully saturated rings. The highest BCUT2D eigenvalue weighted by atomic mass is 32.3. The predicted molar refractivity (Wildman–Crippen MR) is 106 cm³/mol. The quantitative estimate of drug-likeness (QED) is 0.402. The molecule has 2 aliphatic carbocycles. The number of rotatable bonds is 6. The summed E-state index contributed by atoms with van der Waals surface area (Å²) in [6, 6.07) is 4.04. The van der Waals surface area contributed by atoms with Crippen LogP contribution in [0.5, 0.6) is 0 Å². The van der Waals surface area contributed by atoms with E-state index in [1.165, 1.54) is 32.1 Å². The molecule has 6 heteroatoms. The van der Waals surface area contributed by atoms with E-state index in [4.69, 9.17) is 0 Å². The lowest BCUT2D eigenvalue weighted by Gasteiger charge is -2.42. The molecule has 0 N–H and O–H groups in total. The molecule has 1 aromatic rings. The lowest BCUT2D eigenvalue weighted by Crippen LogP contribution is -2.40. The molecule has 28 heavy (non-hydrogen) atoms. The van der Waals surface area contributed by atoms with Crippen LogP contribution in [0, 0.1) is 17.8 Å². The van der Waals surface area contributed by atoms with E-state index in [9.17, 15) is 16.0 Å². The van der Waals surface area contributed by atoms with Crippen molar-refractivity contribution in [3.05, 3.63) is 29.8 Å². The Morgan fingerprint density at radius 1 is 0.964 bits per heavy atom. The minimum Gasteiger partial charge on any atom is -0.244 e. The maximum absolute atomic E-state index is 15.4. The second-order valence-electron chi connectivity index (χ2n) is 8.72. The van der Waals surface area contributed by atoms with Gasteiger partial charge >= 0.3 is 0 Å². The molecule has 0 spiro atoms. The second-order valence-corrected chi connectivity index (χ2v) is 10.0. The Bertz CT molecular complexity index is 621. The van der Waals surface area contributed by atoms with Crippen LogP contribution in [-0.4, -0.2) is 6.17 Å². The van der Waals surface area contributed by atoms with E-state index in [0.717, 1.165) is 43.0 Å². The monoisotopic (exact) mass is 422 g/mol. The molecular formula is C22H31F5S. The van der Waals surface area contributed by atoms with Crippen molar-refractivity contribution in [3.8, 4) is 0 Å². The average Bonchev–Trinajstić information content (AvgIpc) is 2.68. The highest BCUT2D eigenvalue weighted by Crippen LogP contribution is 2.61. The third-order valence-electron chi connectivity index (χ3n) is 7.01. The van der Waals surface area contributed by atoms with Crippen LogP contribution >= 0.6 is 11.2 Å². The standard InChI is InChI=1S/C22H31F5S/c1-2-3-4-16-5-7-17(8-6-16)18-13-14-22(24,21(23)15-18)19-9-11-20(12-10-19)28(25,26)27/h9-12,16-18,21H,2-8,13-15H2,1H3. The van der Waals surface area contributed by atoms with Gasteiger partial charge in [-0.1, -0.05) is 51.2 Å². The normalized spacial score (nSPS) is 34.9. The van der Waals surface area contributed by atoms with Crippen molar-refractivity contribution in [1.82, 2.24) is 0 Å². The van der Waals surface area contributed by atoms with Crippen LogP contribution in [0.25, 0.3) is 0 Å². The molecule has 3 rings (SSSR count). The van der Waals surface area contributed by atoms with Crippen LogP contribution in [0.15, 0.2) is 29.2 Å². The fourth-order valence-electron chi connectivity index (χ4n) is 5.20. The third kappa shape index (κ3) is 4.85. The Morgan fingerprint density at radius 3 is 2.14 bits per heavy atom. The van der Waals surface area contributed by atoms with Gasteiger partial charge in [-0.25, -0.2) is 8.78 Å². The summed E-state index contributed by atoms with van der Waals surface area (Å²) >= 11 is -5.33. The van der Waals surface area contributed by atoms with Crippen molar-refractivity contribution in [2.45, 2.75) is 87.9 Å². The lowest BCUT2D eigenvalue weighted by atomic mass is 9.66. The largest absolute Gasteiger partial charge is 0.244 e. The van der Waals surface area contributed by atoms with Gasteiger partial charge in [-0.05, 0) is 67.6 Å². The van der Waals surface area contributed by atoms with E-state index in [1.54, 1.807) is 0 Å². The fraction of sp³-hybridized carbons (Fsp3) is 0.727. The SMILES string of the molecule is CCCCC1CCC(C2CCC(F)(c3ccc(S(F)(F)F)cc3)C(F)C2)CC1. The van der Waals surface area contributed by atoms with Gasteiger partial charge in [-0.3, -0.25) is 0 Å². The minimum atomic E-state index is -5.33. The third-order valence-corrected chi connectivity index (χ3v) is 7.82. The molecule has 0 aliphatic heterocycles. The van der Waals surface area contributed by atoms with Gasteiger partial charge in [0.1, 0.15) is 6.17 Å². The Balaban J connectivity index is 1.59. The van der Waals surface area contributed by atoms with Gasteiger partial charge in [0.2, 0.25) is 11.2 Å². The molecule has 2 aliphatic rings. The van der Waals surface area contributed by atoms with E-state index < -0.39 is 27.9 Å². The molecule has 1 aromatic carbocycles. The summed E-state index contributed by atoms with van der Waals surface area (Å²) in [6.45, 7) is 2.20. The smallest absolute Gasteiger partial charge is 0.237 e. The molecule has 3 unspecified atom stereocenters. The van der Waals surface area contributed by atoms with Gasteiger partial charge in [0, 0.05) is 0 Å². The second kappa shape index (κ2) is 8.93. The molecule has 2 saturated carbocycles. The first-order chi connectivity index (χ1) is 13.2. The molecular weight excluding hydrogens is 391 g/mol. The zero-order valence-electron chi connectivity index (χ0n) is 16.5. The van der Waals surface area contributed by atoms with Crippen LogP contribution in [-0.2, 0) is 5.67 Å². The van der Waals surface area contributed by atoms with Gasteiger partial charge in [0.15, 0.2) is 5.67 Å². The molecule has 0 aromatic heterocycles. The predicted octanol–water partition coefficient (Wildman–Crippen LogP) is 8.80. The first-order valence-electron chi connectivity index (χ1n) is 10.6. The maximum atomic E-state index is 15.4. The molecule has 0 amide bonds. The van der Waals surface area contributed by atoms with Gasteiger partial charge < -0.3 is 0 Å². The van der Waals surface area contributed by atoms with E-state index in [0.29, 0.717) is 12.3 Å². The Labute approximate surface area is 167 Å². The van der Waals surface area contributed by atoms with Crippen LogP contribution in [0.4, 0.5) is 20.4 Å². The molecule has 0 nitrogen and oxygen atoms in total. The van der Waals surface area contributed by atoms with Crippen LogP contribution in [0.2, 0.25) is 0 Å². The summed E-state index contributed by atoms with van der Waals surface area (Å²) in [5.41, 5.74) is -2.11. The summed E-state index contributed by atoms with van der Waals surface area (Å²) < 4.78 is 68.7. The summed E-state index contributed by atoms with van der Waals surface area (Å²) in [7, 11) is 0. The molecule has 0 bridgehead atoms. The molecule has 0 radical (unpaired) electrons. The highest BCUT2D eigenvalue weighted by molar-refractivity contribution is 8.20. The van der Waals surface area contributed by atoms with Crippen molar-refractivity contribution in [2.75, 3.05) is 0 Å². The minimum absolute atomic E-state index is 0.0501. The van der Waals surface area contributed by atoms with Crippen molar-refractivity contribution < 1.29 is 20.4 Å². The van der Waals surface area contributed by atoms with Crippen molar-refractivity contribution >= 4 is 11.2 Å². The summed E-state index contributed by atoms with van der Waals surface area (Å²) in [4.78, 5) is -0.747. The first-order valence-corrected chi connectivity index (χ1v) is 11.9. The number of benzene rings is 1. The Morgan fingerprint density at radius 2 is 1.61 bits per heavy atom. The van der Waals surface area contributed by atoms with Crippen molar-refractivity contribution in [1.29, 1.82) is 0 Å². The van der Waals surface area contributed by atoms with E-state index in [-0.39, 0.29) is 24.3 Å². The molecule has 0 heterocycles. The maximum Gasteiger partial charge on any atom is 0.237 e. The summed E-state index contributed by atoms with van der Waals surface area (Å²) in [6.07, 6.45) is 7.59. The van der Waals surface area contributed by atoms with Gasteiger partial charge in [0.25, 0.3) is 0 Å². The van der Waals surface area contributed by atoms with Crippen LogP contribution < -0.4 is 0 Å². The van der Waals surface area contributed by atoms with E-state index in [2.05, 4.69) is 6.92 Å². The Kier molecular flexibility index (Phi) is 6.99. The first kappa shape index (κ1) is 21.9. The lowest BCUT2D eigenvalue weighted by molar-refractivity contribution is -0.0274. The number of alkyl halides is 2. The highest BCUT2D eigenvalue weighted by Gasteiger charge is 2.47. The van der Waals surface area contributed by atoms with Crippen molar-refractivity contribution in [2.24, 2.45) is 17.8 Å². The van der Waals surface area contributed by atoms with Gasteiger partial charge in [-0.2, -0.15) is 0 Å². The van der Waals surface area contributed by atoms with E-state index >= 15 is 4.39 Å². The number of hydrogen-bond acceptors (Lipinski definition) is 0. The van der Waals surface area contributed by atoms with Gasteiger partial charge in [-0.15, -0.1) is 11.7 Å². The topological polar surface area (TPSA) is 0 Å². The van der Waals surface area contributed by atoms with Crippen LogP contribution in [0.1, 0.15) is 76.7 Å². The Hall–Kier alpha value is -0.780. The summed E-state index contributed by atoms with van der Waals surface area (Å²) in [5.74, 6) is 1.46. The molecule has 3 atom stereocenters. The average molecular weight is 423 g/mol. The molecule has 0 saturated heterocycles. The number of unbranched alkanes of at least 4 members (excludes halogenated alkanes) is 1. The zero-order chi connectivity index (χ0) is 20.4. The number of hydrogen-bond donors (Lipinski definition) is 0. The fourth-order valence-corrected chi connectivity index (χ4v) is 5.65. The van der Waals surface area contributed by atoms with Crippen LogP contribution in [0.3, 0.4) is 0 Å². The molecule has 160 valence electrons. The zero-order valence-corrected chi connectivity index (χ0v) is 17.3. The number of halogens is 5. The van der Waals surface area contributed by atoms with E-state index in [1.807, 2.05) is 0 Å². The summed E-state index contributed by atoms with van der Waals surface area (Å²) in [5, 5.41) is 0. The van der Waals surface area contributed by atoms with Gasteiger partial charge in [0.05, 0.1) is 4.90 Å².